The molecule has 1 N–H and O–H groups in total. The lowest BCUT2D eigenvalue weighted by molar-refractivity contribution is -0.326. The highest BCUT2D eigenvalue weighted by molar-refractivity contribution is 6.48. The molecule has 2 aromatic carbocycles. The predicted octanol–water partition coefficient (Wildman–Crippen LogP) is 7.52. The lowest BCUT2D eigenvalue weighted by atomic mass is 9.83. The average Bonchev–Trinajstić information content (AvgIpc) is 3.37. The molecule has 3 atom stereocenters. The maximum absolute atomic E-state index is 14.1. The Morgan fingerprint density at radius 3 is 2.00 bits per heavy atom. The third-order valence-corrected chi connectivity index (χ3v) is 8.25. The zero-order valence-electron chi connectivity index (χ0n) is 27.9. The number of H-pyrrole nitrogens is 1. The molecule has 1 aromatic heterocycles. The monoisotopic (exact) mass is 704 g/mol. The number of hydrogen-bond acceptors (Lipinski definition) is 7. The van der Waals surface area contributed by atoms with Gasteiger partial charge in [0.05, 0.1) is 23.8 Å². The lowest BCUT2D eigenvalue weighted by Crippen LogP contribution is -2.51. The van der Waals surface area contributed by atoms with Crippen LogP contribution in [0, 0.1) is 11.2 Å². The van der Waals surface area contributed by atoms with E-state index in [0.717, 1.165) is 0 Å². The summed E-state index contributed by atoms with van der Waals surface area (Å²) in [6, 6.07) is 6.18. The molecule has 8 nitrogen and oxygen atoms in total. The second kappa shape index (κ2) is 14.5. The van der Waals surface area contributed by atoms with Crippen molar-refractivity contribution in [3.63, 3.8) is 0 Å². The molecule has 0 saturated carbocycles. The van der Waals surface area contributed by atoms with Gasteiger partial charge in [-0.05, 0) is 68.5 Å². The smallest absolute Gasteiger partial charge is 0.387 e. The van der Waals surface area contributed by atoms with Crippen LogP contribution >= 0.6 is 0 Å². The van der Waals surface area contributed by atoms with Gasteiger partial charge in [0.15, 0.2) is 12.1 Å². The van der Waals surface area contributed by atoms with Crippen LogP contribution in [0.4, 0.5) is 30.7 Å². The fourth-order valence-corrected chi connectivity index (χ4v) is 6.63. The van der Waals surface area contributed by atoms with E-state index < -0.39 is 67.4 Å². The Balaban J connectivity index is 1.90. The van der Waals surface area contributed by atoms with E-state index in [9.17, 15) is 30.7 Å². The summed E-state index contributed by atoms with van der Waals surface area (Å²) in [6.07, 6.45) is -11.6. The van der Waals surface area contributed by atoms with E-state index in [1.165, 1.54) is 24.3 Å². The molecule has 4 rings (SSSR count). The maximum Gasteiger partial charge on any atom is 0.416 e. The molecular formula is C32H41F7N5O3Si. The second-order valence-corrected chi connectivity index (χ2v) is 15.6. The standard InChI is InChI=1S/C32H41F7N5O3Si/c1-29(2,3)19-30(47-48(6)7,21-14-22(31(34,35)36)16-23(15-21)32(37,38)39)46-28-27(20-8-10-24(33)11-9-20)44(12-13-45-28)18-26-25(17-43(4)5)40-42-41-26/h8-11,14-16,27-28H,12-13,17-19H2,1-7H3,(H,40,41,42)/t27?,28?,30-/m1/s1. The molecule has 2 heterocycles. The van der Waals surface area contributed by atoms with Gasteiger partial charge in [0.1, 0.15) is 17.2 Å². The third-order valence-electron chi connectivity index (χ3n) is 7.51. The highest BCUT2D eigenvalue weighted by Crippen LogP contribution is 2.47. The van der Waals surface area contributed by atoms with Crippen LogP contribution in [0.25, 0.3) is 0 Å². The Hall–Kier alpha value is -2.89. The molecule has 265 valence electrons. The summed E-state index contributed by atoms with van der Waals surface area (Å²) in [5.41, 5.74) is -2.28. The van der Waals surface area contributed by atoms with Gasteiger partial charge in [-0.15, -0.1) is 0 Å². The van der Waals surface area contributed by atoms with Crippen molar-refractivity contribution in [2.45, 2.75) is 83.8 Å². The van der Waals surface area contributed by atoms with E-state index in [1.807, 2.05) is 23.9 Å². The first-order chi connectivity index (χ1) is 22.2. The van der Waals surface area contributed by atoms with Gasteiger partial charge in [-0.1, -0.05) is 32.9 Å². The zero-order chi connectivity index (χ0) is 35.7. The van der Waals surface area contributed by atoms with E-state index in [-0.39, 0.29) is 25.6 Å². The summed E-state index contributed by atoms with van der Waals surface area (Å²) in [6.45, 7) is 9.94. The Morgan fingerprint density at radius 2 is 1.48 bits per heavy atom. The molecule has 16 heteroatoms. The fourth-order valence-electron chi connectivity index (χ4n) is 5.73. The number of alkyl halides is 6. The van der Waals surface area contributed by atoms with Gasteiger partial charge >= 0.3 is 12.4 Å². The first-order valence-corrected chi connectivity index (χ1v) is 17.7. The number of benzene rings is 2. The average molecular weight is 705 g/mol. The first kappa shape index (κ1) is 37.9. The van der Waals surface area contributed by atoms with Crippen molar-refractivity contribution in [2.75, 3.05) is 27.2 Å². The van der Waals surface area contributed by atoms with E-state index in [4.69, 9.17) is 13.9 Å². The molecule has 0 bridgehead atoms. The van der Waals surface area contributed by atoms with E-state index >= 15 is 0 Å². The van der Waals surface area contributed by atoms with Crippen molar-refractivity contribution in [2.24, 2.45) is 5.41 Å². The van der Waals surface area contributed by atoms with Gasteiger partial charge in [0.2, 0.25) is 9.04 Å². The molecule has 2 unspecified atom stereocenters. The maximum atomic E-state index is 14.1. The highest BCUT2D eigenvalue weighted by atomic mass is 28.3. The second-order valence-electron chi connectivity index (χ2n) is 13.6. The Labute approximate surface area is 277 Å². The quantitative estimate of drug-likeness (QED) is 0.126. The summed E-state index contributed by atoms with van der Waals surface area (Å²) in [5.74, 6) is -2.60. The number of halogens is 7. The number of nitrogens with zero attached hydrogens (tertiary/aromatic N) is 4. The molecule has 48 heavy (non-hydrogen) atoms. The minimum atomic E-state index is -5.09. The molecule has 1 saturated heterocycles. The van der Waals surface area contributed by atoms with Gasteiger partial charge in [0, 0.05) is 31.6 Å². The normalized spacial score (nSPS) is 19.7. The summed E-state index contributed by atoms with van der Waals surface area (Å²) in [5, 5.41) is 11.2. The summed E-state index contributed by atoms with van der Waals surface area (Å²) >= 11 is 0. The van der Waals surface area contributed by atoms with E-state index in [2.05, 4.69) is 15.4 Å². The third kappa shape index (κ3) is 9.63. The number of rotatable bonds is 11. The molecule has 1 radical (unpaired) electrons. The minimum absolute atomic E-state index is 0.0818. The summed E-state index contributed by atoms with van der Waals surface area (Å²) < 4.78 is 118. The molecule has 3 aromatic rings. The molecule has 1 aliphatic rings. The molecule has 0 aliphatic carbocycles. The lowest BCUT2D eigenvalue weighted by Gasteiger charge is -2.47. The zero-order valence-corrected chi connectivity index (χ0v) is 28.9. The number of aromatic amines is 1. The SMILES string of the molecule is CN(C)Cc1n[nH]nc1CN1CCOC(O[C@](CC(C)(C)C)(O[Si](C)C)c2cc(C(F)(F)F)cc(C(F)(F)F)c2)C1c1ccc(F)cc1. The van der Waals surface area contributed by atoms with Gasteiger partial charge in [0.25, 0.3) is 0 Å². The van der Waals surface area contributed by atoms with Crippen LogP contribution in [0.5, 0.6) is 0 Å². The van der Waals surface area contributed by atoms with Crippen LogP contribution in [0.2, 0.25) is 13.1 Å². The van der Waals surface area contributed by atoms with Crippen molar-refractivity contribution < 1.29 is 44.6 Å². The first-order valence-electron chi connectivity index (χ1n) is 15.3. The van der Waals surface area contributed by atoms with Gasteiger partial charge in [-0.3, -0.25) is 4.90 Å². The van der Waals surface area contributed by atoms with Crippen LogP contribution < -0.4 is 0 Å². The van der Waals surface area contributed by atoms with Crippen LogP contribution in [0.1, 0.15) is 66.9 Å². The predicted molar refractivity (Wildman–Crippen MR) is 165 cm³/mol. The van der Waals surface area contributed by atoms with Crippen molar-refractivity contribution in [3.8, 4) is 0 Å². The molecule has 0 amide bonds. The van der Waals surface area contributed by atoms with Crippen molar-refractivity contribution in [3.05, 3.63) is 81.9 Å². The molecule has 0 spiro atoms. The van der Waals surface area contributed by atoms with Crippen LogP contribution in [-0.2, 0) is 45.1 Å². The van der Waals surface area contributed by atoms with Crippen molar-refractivity contribution in [1.29, 1.82) is 0 Å². The van der Waals surface area contributed by atoms with Crippen LogP contribution in [-0.4, -0.2) is 67.8 Å². The van der Waals surface area contributed by atoms with E-state index in [0.29, 0.717) is 42.2 Å². The fraction of sp³-hybridized carbons (Fsp3) is 0.562. The van der Waals surface area contributed by atoms with Gasteiger partial charge in [-0.25, -0.2) is 4.39 Å². The molecule has 1 aliphatic heterocycles. The Bertz CT molecular complexity index is 1480. The summed E-state index contributed by atoms with van der Waals surface area (Å²) in [7, 11) is 1.91. The number of ether oxygens (including phenoxy) is 2. The van der Waals surface area contributed by atoms with Crippen molar-refractivity contribution >= 4 is 9.04 Å². The largest absolute Gasteiger partial charge is 0.416 e. The van der Waals surface area contributed by atoms with Crippen LogP contribution in [0.3, 0.4) is 0 Å². The molecule has 1 fully saturated rings. The Kier molecular flexibility index (Phi) is 11.5. The number of aromatic nitrogens is 3. The summed E-state index contributed by atoms with van der Waals surface area (Å²) in [4.78, 5) is 3.87. The van der Waals surface area contributed by atoms with Crippen LogP contribution in [0.15, 0.2) is 42.5 Å². The van der Waals surface area contributed by atoms with Gasteiger partial charge in [-0.2, -0.15) is 41.8 Å². The minimum Gasteiger partial charge on any atom is -0.387 e. The number of hydrogen-bond donors (Lipinski definition) is 1. The Morgan fingerprint density at radius 1 is 0.917 bits per heavy atom. The number of nitrogens with one attached hydrogen (secondary N) is 1. The van der Waals surface area contributed by atoms with E-state index in [1.54, 1.807) is 33.9 Å². The topological polar surface area (TPSA) is 75.7 Å². The highest BCUT2D eigenvalue weighted by Gasteiger charge is 2.48. The van der Waals surface area contributed by atoms with Gasteiger partial charge < -0.3 is 18.8 Å². The molecular weight excluding hydrogens is 663 g/mol. The number of morpholine rings is 1. The van der Waals surface area contributed by atoms with Crippen molar-refractivity contribution in [1.82, 2.24) is 25.2 Å².